The molecule has 0 radical (unpaired) electrons. The minimum atomic E-state index is -0.215. The Kier molecular flexibility index (Phi) is 7.23. The second kappa shape index (κ2) is 8.69. The Labute approximate surface area is 121 Å². The van der Waals surface area contributed by atoms with Crippen molar-refractivity contribution in [1.29, 1.82) is 0 Å². The van der Waals surface area contributed by atoms with Gasteiger partial charge in [0.05, 0.1) is 0 Å². The summed E-state index contributed by atoms with van der Waals surface area (Å²) in [5.41, 5.74) is 2.01. The van der Waals surface area contributed by atoms with Crippen LogP contribution < -0.4 is 10.6 Å². The Morgan fingerprint density at radius 2 is 2.05 bits per heavy atom. The van der Waals surface area contributed by atoms with Gasteiger partial charge in [-0.05, 0) is 49.6 Å². The van der Waals surface area contributed by atoms with E-state index in [1.807, 2.05) is 6.92 Å². The number of carbonyl (C=O) groups is 1. The number of hydrogen-bond acceptors (Lipinski definition) is 2. The van der Waals surface area contributed by atoms with E-state index >= 15 is 0 Å². The van der Waals surface area contributed by atoms with Crippen molar-refractivity contribution in [3.05, 3.63) is 35.1 Å². The fourth-order valence-corrected chi connectivity index (χ4v) is 2.00. The van der Waals surface area contributed by atoms with Gasteiger partial charge in [0.2, 0.25) is 5.91 Å². The van der Waals surface area contributed by atoms with E-state index in [-0.39, 0.29) is 11.7 Å². The second-order valence-electron chi connectivity index (χ2n) is 5.38. The lowest BCUT2D eigenvalue weighted by atomic mass is 10.1. The predicted molar refractivity (Wildman–Crippen MR) is 80.2 cm³/mol. The maximum atomic E-state index is 13.0. The first-order valence-corrected chi connectivity index (χ1v) is 7.24. The highest BCUT2D eigenvalue weighted by atomic mass is 19.1. The van der Waals surface area contributed by atoms with E-state index < -0.39 is 0 Å². The minimum absolute atomic E-state index is 0.0790. The fraction of sp³-hybridized carbons (Fsp3) is 0.562. The molecular formula is C16H25FN2O. The molecule has 1 aromatic carbocycles. The molecule has 0 unspecified atom stereocenters. The van der Waals surface area contributed by atoms with Crippen LogP contribution in [0.4, 0.5) is 4.39 Å². The van der Waals surface area contributed by atoms with Crippen LogP contribution in [0.15, 0.2) is 18.2 Å². The summed E-state index contributed by atoms with van der Waals surface area (Å²) in [6.07, 6.45) is 2.13. The quantitative estimate of drug-likeness (QED) is 0.719. The van der Waals surface area contributed by atoms with Crippen LogP contribution in [-0.4, -0.2) is 25.0 Å². The minimum Gasteiger partial charge on any atom is -0.356 e. The molecule has 112 valence electrons. The van der Waals surface area contributed by atoms with Crippen LogP contribution in [0.3, 0.4) is 0 Å². The number of hydrogen-bond donors (Lipinski definition) is 2. The smallest absolute Gasteiger partial charge is 0.220 e. The van der Waals surface area contributed by atoms with Crippen LogP contribution in [0.1, 0.15) is 37.8 Å². The van der Waals surface area contributed by atoms with Crippen LogP contribution in [0.5, 0.6) is 0 Å². The van der Waals surface area contributed by atoms with Gasteiger partial charge in [-0.3, -0.25) is 4.79 Å². The van der Waals surface area contributed by atoms with Gasteiger partial charge in [0.1, 0.15) is 5.82 Å². The van der Waals surface area contributed by atoms with E-state index in [0.717, 1.165) is 30.5 Å². The largest absolute Gasteiger partial charge is 0.356 e. The Morgan fingerprint density at radius 3 is 2.70 bits per heavy atom. The van der Waals surface area contributed by atoms with Crippen molar-refractivity contribution in [2.24, 2.45) is 0 Å². The zero-order valence-electron chi connectivity index (χ0n) is 12.6. The number of rotatable bonds is 8. The summed E-state index contributed by atoms with van der Waals surface area (Å²) in [4.78, 5) is 11.6. The van der Waals surface area contributed by atoms with Crippen LogP contribution in [0.25, 0.3) is 0 Å². The van der Waals surface area contributed by atoms with E-state index in [2.05, 4.69) is 24.5 Å². The maximum Gasteiger partial charge on any atom is 0.220 e. The molecule has 0 bridgehead atoms. The van der Waals surface area contributed by atoms with E-state index in [0.29, 0.717) is 19.0 Å². The van der Waals surface area contributed by atoms with E-state index in [4.69, 9.17) is 0 Å². The van der Waals surface area contributed by atoms with Crippen molar-refractivity contribution in [2.45, 2.75) is 46.1 Å². The zero-order chi connectivity index (χ0) is 15.0. The molecule has 0 aromatic heterocycles. The first kappa shape index (κ1) is 16.6. The zero-order valence-corrected chi connectivity index (χ0v) is 12.6. The highest BCUT2D eigenvalue weighted by Gasteiger charge is 2.03. The summed E-state index contributed by atoms with van der Waals surface area (Å²) in [5, 5.41) is 6.18. The lowest BCUT2D eigenvalue weighted by molar-refractivity contribution is -0.121. The lowest BCUT2D eigenvalue weighted by Gasteiger charge is -2.09. The molecule has 0 saturated heterocycles. The highest BCUT2D eigenvalue weighted by Crippen LogP contribution is 2.10. The average Bonchev–Trinajstić information content (AvgIpc) is 2.37. The van der Waals surface area contributed by atoms with Crippen LogP contribution in [-0.2, 0) is 11.2 Å². The van der Waals surface area contributed by atoms with E-state index in [1.165, 1.54) is 12.1 Å². The number of carbonyl (C=O) groups excluding carboxylic acids is 1. The summed E-state index contributed by atoms with van der Waals surface area (Å²) >= 11 is 0. The standard InChI is InChI=1S/C16H25FN2O/c1-12(2)18-9-4-5-16(20)19-10-8-14-6-7-15(17)11-13(14)3/h6-7,11-12,18H,4-5,8-10H2,1-3H3,(H,19,20). The number of halogens is 1. The monoisotopic (exact) mass is 280 g/mol. The molecule has 0 fully saturated rings. The molecule has 3 nitrogen and oxygen atoms in total. The van der Waals surface area contributed by atoms with Crippen LogP contribution >= 0.6 is 0 Å². The fourth-order valence-electron chi connectivity index (χ4n) is 2.00. The van der Waals surface area contributed by atoms with Gasteiger partial charge in [0, 0.05) is 19.0 Å². The van der Waals surface area contributed by atoms with E-state index in [9.17, 15) is 9.18 Å². The maximum absolute atomic E-state index is 13.0. The molecule has 0 saturated carbocycles. The Bertz CT molecular complexity index is 432. The topological polar surface area (TPSA) is 41.1 Å². The summed E-state index contributed by atoms with van der Waals surface area (Å²) in [7, 11) is 0. The molecule has 0 aliphatic carbocycles. The van der Waals surface area contributed by atoms with Crippen molar-refractivity contribution < 1.29 is 9.18 Å². The molecule has 1 aromatic rings. The van der Waals surface area contributed by atoms with Gasteiger partial charge >= 0.3 is 0 Å². The molecule has 2 N–H and O–H groups in total. The summed E-state index contributed by atoms with van der Waals surface area (Å²) in [5.74, 6) is -0.136. The molecule has 20 heavy (non-hydrogen) atoms. The third kappa shape index (κ3) is 6.66. The van der Waals surface area contributed by atoms with Crippen LogP contribution in [0, 0.1) is 12.7 Å². The van der Waals surface area contributed by atoms with Gasteiger partial charge in [-0.1, -0.05) is 19.9 Å². The predicted octanol–water partition coefficient (Wildman–Crippen LogP) is 2.57. The number of aryl methyl sites for hydroxylation is 1. The first-order chi connectivity index (χ1) is 9.49. The number of benzene rings is 1. The summed E-state index contributed by atoms with van der Waals surface area (Å²) in [6, 6.07) is 5.22. The Balaban J connectivity index is 2.18. The molecule has 4 heteroatoms. The highest BCUT2D eigenvalue weighted by molar-refractivity contribution is 5.75. The van der Waals surface area contributed by atoms with Gasteiger partial charge < -0.3 is 10.6 Å². The molecule has 0 spiro atoms. The molecule has 0 aliphatic rings. The first-order valence-electron chi connectivity index (χ1n) is 7.24. The molecule has 0 atom stereocenters. The van der Waals surface area contributed by atoms with Crippen LogP contribution in [0.2, 0.25) is 0 Å². The summed E-state index contributed by atoms with van der Waals surface area (Å²) in [6.45, 7) is 7.53. The second-order valence-corrected chi connectivity index (χ2v) is 5.38. The summed E-state index contributed by atoms with van der Waals surface area (Å²) < 4.78 is 13.0. The van der Waals surface area contributed by atoms with E-state index in [1.54, 1.807) is 6.07 Å². The van der Waals surface area contributed by atoms with Crippen molar-refractivity contribution in [3.8, 4) is 0 Å². The van der Waals surface area contributed by atoms with Crippen molar-refractivity contribution in [1.82, 2.24) is 10.6 Å². The lowest BCUT2D eigenvalue weighted by Crippen LogP contribution is -2.28. The third-order valence-corrected chi connectivity index (χ3v) is 3.15. The van der Waals surface area contributed by atoms with Crippen molar-refractivity contribution in [3.63, 3.8) is 0 Å². The molecule has 0 aliphatic heterocycles. The third-order valence-electron chi connectivity index (χ3n) is 3.15. The average molecular weight is 280 g/mol. The molecular weight excluding hydrogens is 255 g/mol. The van der Waals surface area contributed by atoms with Crippen molar-refractivity contribution in [2.75, 3.05) is 13.1 Å². The molecule has 1 rings (SSSR count). The van der Waals surface area contributed by atoms with Gasteiger partial charge in [-0.2, -0.15) is 0 Å². The number of amides is 1. The van der Waals surface area contributed by atoms with Gasteiger partial charge in [-0.15, -0.1) is 0 Å². The Hall–Kier alpha value is -1.42. The van der Waals surface area contributed by atoms with Gasteiger partial charge in [-0.25, -0.2) is 4.39 Å². The normalized spacial score (nSPS) is 10.8. The van der Waals surface area contributed by atoms with Gasteiger partial charge in [0.25, 0.3) is 0 Å². The molecule has 1 amide bonds. The Morgan fingerprint density at radius 1 is 1.30 bits per heavy atom. The van der Waals surface area contributed by atoms with Gasteiger partial charge in [0.15, 0.2) is 0 Å². The SMILES string of the molecule is Cc1cc(F)ccc1CCNC(=O)CCCNC(C)C. The van der Waals surface area contributed by atoms with Crippen molar-refractivity contribution >= 4 is 5.91 Å². The molecule has 0 heterocycles. The number of nitrogens with one attached hydrogen (secondary N) is 2.